The first-order valence-electron chi connectivity index (χ1n) is 6.53. The normalized spacial score (nSPS) is 10.7. The van der Waals surface area contributed by atoms with E-state index in [9.17, 15) is 9.50 Å². The molecule has 0 saturated heterocycles. The summed E-state index contributed by atoms with van der Waals surface area (Å²) in [6.45, 7) is 0. The van der Waals surface area contributed by atoms with Crippen molar-refractivity contribution in [2.45, 2.75) is 12.8 Å². The molecule has 3 aromatic rings. The van der Waals surface area contributed by atoms with E-state index in [1.807, 2.05) is 12.1 Å². The first-order chi connectivity index (χ1) is 10.2. The number of phenolic OH excluding ortho intramolecular Hbond substituents is 1. The molecule has 0 radical (unpaired) electrons. The van der Waals surface area contributed by atoms with Crippen LogP contribution in [0, 0.1) is 5.82 Å². The van der Waals surface area contributed by atoms with Gasteiger partial charge in [-0.1, -0.05) is 35.5 Å². The Hall–Kier alpha value is -2.69. The fourth-order valence-corrected chi connectivity index (χ4v) is 2.09. The van der Waals surface area contributed by atoms with Crippen molar-refractivity contribution in [2.75, 3.05) is 0 Å². The average Bonchev–Trinajstić information content (AvgIpc) is 2.89. The molecule has 3 rings (SSSR count). The number of aromatic hydroxyl groups is 1. The molecule has 4 nitrogen and oxygen atoms in total. The summed E-state index contributed by atoms with van der Waals surface area (Å²) in [6, 6.07) is 13.3. The summed E-state index contributed by atoms with van der Waals surface area (Å²) in [5.74, 6) is 0.821. The SMILES string of the molecule is Oc1ccccc1Cc1nc(Cc2cccc(F)c2)no1. The first kappa shape index (κ1) is 13.3. The van der Waals surface area contributed by atoms with Crippen LogP contribution in [0.2, 0.25) is 0 Å². The van der Waals surface area contributed by atoms with Gasteiger partial charge in [-0.2, -0.15) is 4.98 Å². The van der Waals surface area contributed by atoms with E-state index in [4.69, 9.17) is 4.52 Å². The van der Waals surface area contributed by atoms with Crippen molar-refractivity contribution in [1.82, 2.24) is 10.1 Å². The predicted molar refractivity (Wildman–Crippen MR) is 74.4 cm³/mol. The van der Waals surface area contributed by atoms with E-state index in [0.717, 1.165) is 11.1 Å². The lowest BCUT2D eigenvalue weighted by Crippen LogP contribution is -1.93. The van der Waals surface area contributed by atoms with Gasteiger partial charge >= 0.3 is 0 Å². The van der Waals surface area contributed by atoms with Crippen LogP contribution in [0.4, 0.5) is 4.39 Å². The van der Waals surface area contributed by atoms with E-state index in [1.54, 1.807) is 24.3 Å². The second kappa shape index (κ2) is 5.75. The van der Waals surface area contributed by atoms with Gasteiger partial charge in [-0.25, -0.2) is 4.39 Å². The van der Waals surface area contributed by atoms with Gasteiger partial charge in [0.05, 0.1) is 6.42 Å². The van der Waals surface area contributed by atoms with Crippen LogP contribution in [-0.2, 0) is 12.8 Å². The van der Waals surface area contributed by atoms with Gasteiger partial charge in [-0.15, -0.1) is 0 Å². The summed E-state index contributed by atoms with van der Waals surface area (Å²) < 4.78 is 18.3. The van der Waals surface area contributed by atoms with Crippen LogP contribution in [-0.4, -0.2) is 15.2 Å². The highest BCUT2D eigenvalue weighted by Gasteiger charge is 2.10. The zero-order valence-corrected chi connectivity index (χ0v) is 11.2. The Labute approximate surface area is 120 Å². The monoisotopic (exact) mass is 284 g/mol. The van der Waals surface area contributed by atoms with Crippen LogP contribution < -0.4 is 0 Å². The molecule has 0 aliphatic heterocycles. The molecule has 1 N–H and O–H groups in total. The van der Waals surface area contributed by atoms with Crippen molar-refractivity contribution in [1.29, 1.82) is 0 Å². The van der Waals surface area contributed by atoms with Crippen LogP contribution in [0.1, 0.15) is 22.8 Å². The highest BCUT2D eigenvalue weighted by atomic mass is 19.1. The third-order valence-electron chi connectivity index (χ3n) is 3.09. The van der Waals surface area contributed by atoms with Crippen molar-refractivity contribution in [3.05, 3.63) is 77.2 Å². The molecule has 0 spiro atoms. The molecule has 2 aromatic carbocycles. The summed E-state index contributed by atoms with van der Waals surface area (Å²) in [5, 5.41) is 13.6. The fourth-order valence-electron chi connectivity index (χ4n) is 2.09. The smallest absolute Gasteiger partial charge is 0.231 e. The molecule has 106 valence electrons. The number of nitrogens with zero attached hydrogens (tertiary/aromatic N) is 2. The number of aromatic nitrogens is 2. The largest absolute Gasteiger partial charge is 0.508 e. The van der Waals surface area contributed by atoms with E-state index in [0.29, 0.717) is 24.6 Å². The van der Waals surface area contributed by atoms with Crippen LogP contribution in [0.25, 0.3) is 0 Å². The van der Waals surface area contributed by atoms with Crippen LogP contribution >= 0.6 is 0 Å². The standard InChI is InChI=1S/C16H13FN2O2/c17-13-6-3-4-11(8-13)9-15-18-16(21-19-15)10-12-5-1-2-7-14(12)20/h1-8,20H,9-10H2. The van der Waals surface area contributed by atoms with Crippen LogP contribution in [0.3, 0.4) is 0 Å². The number of hydrogen-bond donors (Lipinski definition) is 1. The summed E-state index contributed by atoms with van der Waals surface area (Å²) in [7, 11) is 0. The number of hydrogen-bond acceptors (Lipinski definition) is 4. The first-order valence-corrected chi connectivity index (χ1v) is 6.53. The van der Waals surface area contributed by atoms with Crippen molar-refractivity contribution >= 4 is 0 Å². The molecular formula is C16H13FN2O2. The predicted octanol–water partition coefficient (Wildman–Crippen LogP) is 3.10. The molecule has 0 atom stereocenters. The van der Waals surface area contributed by atoms with Gasteiger partial charge in [-0.05, 0) is 23.8 Å². The van der Waals surface area contributed by atoms with Crippen molar-refractivity contribution < 1.29 is 14.0 Å². The van der Waals surface area contributed by atoms with Crippen molar-refractivity contribution in [3.8, 4) is 5.75 Å². The van der Waals surface area contributed by atoms with E-state index in [2.05, 4.69) is 10.1 Å². The van der Waals surface area contributed by atoms with Gasteiger partial charge in [-0.3, -0.25) is 0 Å². The minimum atomic E-state index is -0.287. The highest BCUT2D eigenvalue weighted by molar-refractivity contribution is 5.33. The van der Waals surface area contributed by atoms with Gasteiger partial charge in [0.1, 0.15) is 11.6 Å². The van der Waals surface area contributed by atoms with Crippen LogP contribution in [0.5, 0.6) is 5.75 Å². The summed E-state index contributed by atoms with van der Waals surface area (Å²) in [4.78, 5) is 4.26. The third-order valence-corrected chi connectivity index (χ3v) is 3.09. The molecule has 0 unspecified atom stereocenters. The van der Waals surface area contributed by atoms with Crippen molar-refractivity contribution in [2.24, 2.45) is 0 Å². The maximum absolute atomic E-state index is 13.1. The third kappa shape index (κ3) is 3.25. The van der Waals surface area contributed by atoms with E-state index < -0.39 is 0 Å². The fraction of sp³-hybridized carbons (Fsp3) is 0.125. The number of rotatable bonds is 4. The Kier molecular flexibility index (Phi) is 3.64. The molecule has 0 bridgehead atoms. The van der Waals surface area contributed by atoms with E-state index in [-0.39, 0.29) is 11.6 Å². The minimum absolute atomic E-state index is 0.197. The van der Waals surface area contributed by atoms with Gasteiger partial charge in [0.2, 0.25) is 5.89 Å². The zero-order chi connectivity index (χ0) is 14.7. The molecule has 0 saturated carbocycles. The summed E-state index contributed by atoms with van der Waals surface area (Å²) >= 11 is 0. The number of benzene rings is 2. The van der Waals surface area contributed by atoms with Gasteiger partial charge in [0, 0.05) is 12.0 Å². The lowest BCUT2D eigenvalue weighted by atomic mass is 10.1. The number of halogens is 1. The van der Waals surface area contributed by atoms with Crippen molar-refractivity contribution in [3.63, 3.8) is 0 Å². The number of phenols is 1. The topological polar surface area (TPSA) is 59.2 Å². The van der Waals surface area contributed by atoms with E-state index in [1.165, 1.54) is 12.1 Å². The molecular weight excluding hydrogens is 271 g/mol. The summed E-state index contributed by atoms with van der Waals surface area (Å²) in [5.41, 5.74) is 1.50. The lowest BCUT2D eigenvalue weighted by molar-refractivity contribution is 0.378. The maximum atomic E-state index is 13.1. The molecule has 0 aliphatic rings. The Morgan fingerprint density at radius 1 is 1.05 bits per heavy atom. The molecule has 5 heteroatoms. The second-order valence-corrected chi connectivity index (χ2v) is 4.72. The minimum Gasteiger partial charge on any atom is -0.508 e. The van der Waals surface area contributed by atoms with E-state index >= 15 is 0 Å². The van der Waals surface area contributed by atoms with Gasteiger partial charge in [0.25, 0.3) is 0 Å². The molecule has 1 aromatic heterocycles. The average molecular weight is 284 g/mol. The number of para-hydroxylation sites is 1. The lowest BCUT2D eigenvalue weighted by Gasteiger charge is -1.99. The second-order valence-electron chi connectivity index (χ2n) is 4.72. The molecule has 1 heterocycles. The quantitative estimate of drug-likeness (QED) is 0.799. The maximum Gasteiger partial charge on any atom is 0.231 e. The van der Waals surface area contributed by atoms with Crippen LogP contribution in [0.15, 0.2) is 53.1 Å². The Morgan fingerprint density at radius 3 is 2.71 bits per heavy atom. The summed E-state index contributed by atoms with van der Waals surface area (Å²) in [6.07, 6.45) is 0.769. The molecule has 0 fully saturated rings. The zero-order valence-electron chi connectivity index (χ0n) is 11.2. The highest BCUT2D eigenvalue weighted by Crippen LogP contribution is 2.19. The molecule has 0 aliphatic carbocycles. The Balaban J connectivity index is 1.73. The Bertz CT molecular complexity index is 755. The Morgan fingerprint density at radius 2 is 1.90 bits per heavy atom. The molecule has 0 amide bonds. The molecule has 21 heavy (non-hydrogen) atoms. The van der Waals surface area contributed by atoms with Gasteiger partial charge < -0.3 is 9.63 Å². The van der Waals surface area contributed by atoms with Gasteiger partial charge in [0.15, 0.2) is 5.82 Å².